The monoisotopic (exact) mass is 241 g/mol. The molecule has 1 aliphatic carbocycles. The maximum absolute atomic E-state index is 11.8. The molecule has 0 aliphatic heterocycles. The van der Waals surface area contributed by atoms with Gasteiger partial charge in [-0.1, -0.05) is 12.8 Å². The van der Waals surface area contributed by atoms with Crippen molar-refractivity contribution in [2.24, 2.45) is 0 Å². The van der Waals surface area contributed by atoms with Gasteiger partial charge in [-0.15, -0.1) is 0 Å². The van der Waals surface area contributed by atoms with Gasteiger partial charge in [-0.3, -0.25) is 4.79 Å². The molecular weight excluding hydrogens is 222 g/mol. The molecule has 1 aliphatic rings. The summed E-state index contributed by atoms with van der Waals surface area (Å²) in [4.78, 5) is 22.5. The number of nitrogens with one attached hydrogen (secondary N) is 1. The first-order valence-corrected chi connectivity index (χ1v) is 5.83. The van der Waals surface area contributed by atoms with Gasteiger partial charge in [0.15, 0.2) is 0 Å². The van der Waals surface area contributed by atoms with E-state index in [9.17, 15) is 14.7 Å². The summed E-state index contributed by atoms with van der Waals surface area (Å²) in [5.41, 5.74) is 0.225. The maximum Gasteiger partial charge on any atom is 0.331 e. The molecule has 17 heavy (non-hydrogen) atoms. The molecule has 1 amide bonds. The van der Waals surface area contributed by atoms with Crippen LogP contribution < -0.4 is 5.32 Å². The molecule has 0 bridgehead atoms. The molecule has 0 saturated heterocycles. The van der Waals surface area contributed by atoms with Crippen molar-refractivity contribution >= 4 is 11.9 Å². The number of carbonyl (C=O) groups excluding carboxylic acids is 1. The van der Waals surface area contributed by atoms with E-state index < -0.39 is 18.0 Å². The van der Waals surface area contributed by atoms with Crippen LogP contribution in [0.5, 0.6) is 0 Å². The number of hydrogen-bond acceptors (Lipinski definition) is 3. The van der Waals surface area contributed by atoms with E-state index in [1.54, 1.807) is 0 Å². The first-order valence-electron chi connectivity index (χ1n) is 5.83. The van der Waals surface area contributed by atoms with Gasteiger partial charge >= 0.3 is 5.97 Å². The van der Waals surface area contributed by atoms with E-state index in [1.165, 1.54) is 13.8 Å². The first-order chi connectivity index (χ1) is 7.93. The van der Waals surface area contributed by atoms with Crippen molar-refractivity contribution < 1.29 is 19.8 Å². The Labute approximate surface area is 101 Å². The fourth-order valence-electron chi connectivity index (χ4n) is 1.89. The molecule has 2 unspecified atom stereocenters. The van der Waals surface area contributed by atoms with Crippen molar-refractivity contribution in [3.8, 4) is 0 Å². The Morgan fingerprint density at radius 2 is 1.71 bits per heavy atom. The van der Waals surface area contributed by atoms with Crippen LogP contribution >= 0.6 is 0 Å². The van der Waals surface area contributed by atoms with Crippen LogP contribution in [0.3, 0.4) is 0 Å². The van der Waals surface area contributed by atoms with E-state index in [0.717, 1.165) is 19.3 Å². The minimum Gasteiger partial charge on any atom is -0.478 e. The predicted octanol–water partition coefficient (Wildman–Crippen LogP) is 0.827. The number of amides is 1. The quantitative estimate of drug-likeness (QED) is 0.639. The largest absolute Gasteiger partial charge is 0.478 e. The third-order valence-electron chi connectivity index (χ3n) is 3.27. The summed E-state index contributed by atoms with van der Waals surface area (Å²) < 4.78 is 0. The Morgan fingerprint density at radius 3 is 2.24 bits per heavy atom. The lowest BCUT2D eigenvalue weighted by molar-refractivity contribution is -0.133. The molecule has 0 spiro atoms. The van der Waals surface area contributed by atoms with Crippen LogP contribution in [0.1, 0.15) is 39.5 Å². The summed E-state index contributed by atoms with van der Waals surface area (Å²) in [6.45, 7) is 2.88. The van der Waals surface area contributed by atoms with E-state index >= 15 is 0 Å². The summed E-state index contributed by atoms with van der Waals surface area (Å²) in [5.74, 6) is -1.50. The van der Waals surface area contributed by atoms with Crippen molar-refractivity contribution in [2.45, 2.75) is 51.7 Å². The molecule has 5 heteroatoms. The van der Waals surface area contributed by atoms with Crippen LogP contribution in [-0.4, -0.2) is 34.2 Å². The van der Waals surface area contributed by atoms with Gasteiger partial charge in [-0.25, -0.2) is 4.79 Å². The number of rotatable bonds is 3. The molecule has 0 radical (unpaired) electrons. The molecule has 2 atom stereocenters. The van der Waals surface area contributed by atoms with E-state index in [-0.39, 0.29) is 17.2 Å². The highest BCUT2D eigenvalue weighted by Gasteiger charge is 2.25. The predicted molar refractivity (Wildman–Crippen MR) is 62.4 cm³/mol. The zero-order valence-corrected chi connectivity index (χ0v) is 10.2. The smallest absolute Gasteiger partial charge is 0.331 e. The second-order valence-corrected chi connectivity index (χ2v) is 4.49. The zero-order valence-electron chi connectivity index (χ0n) is 10.2. The maximum atomic E-state index is 11.8. The van der Waals surface area contributed by atoms with E-state index in [0.29, 0.717) is 6.42 Å². The number of aliphatic hydroxyl groups excluding tert-OH is 1. The molecule has 0 aromatic heterocycles. The fraction of sp³-hybridized carbons (Fsp3) is 0.667. The van der Waals surface area contributed by atoms with Crippen molar-refractivity contribution in [3.05, 3.63) is 11.1 Å². The molecule has 1 saturated carbocycles. The van der Waals surface area contributed by atoms with Gasteiger partial charge in [0, 0.05) is 11.1 Å². The van der Waals surface area contributed by atoms with Gasteiger partial charge in [-0.05, 0) is 26.7 Å². The average molecular weight is 241 g/mol. The topological polar surface area (TPSA) is 86.6 Å². The van der Waals surface area contributed by atoms with Crippen molar-refractivity contribution in [1.82, 2.24) is 5.32 Å². The molecular formula is C12H19NO4. The Balaban J connectivity index is 2.65. The summed E-state index contributed by atoms with van der Waals surface area (Å²) in [7, 11) is 0. The number of hydrogen-bond donors (Lipinski definition) is 3. The van der Waals surface area contributed by atoms with Gasteiger partial charge in [0.2, 0.25) is 5.91 Å². The summed E-state index contributed by atoms with van der Waals surface area (Å²) >= 11 is 0. The second kappa shape index (κ2) is 5.82. The van der Waals surface area contributed by atoms with Crippen LogP contribution in [0, 0.1) is 0 Å². The SMILES string of the molecule is C/C(C(=O)O)=C(\C)C(=O)NC1CCCCC1O. The average Bonchev–Trinajstić information content (AvgIpc) is 2.30. The van der Waals surface area contributed by atoms with Crippen LogP contribution in [-0.2, 0) is 9.59 Å². The van der Waals surface area contributed by atoms with Crippen LogP contribution in [0.2, 0.25) is 0 Å². The second-order valence-electron chi connectivity index (χ2n) is 4.49. The van der Waals surface area contributed by atoms with Crippen molar-refractivity contribution in [2.75, 3.05) is 0 Å². The van der Waals surface area contributed by atoms with Gasteiger partial charge in [0.25, 0.3) is 0 Å². The van der Waals surface area contributed by atoms with Crippen LogP contribution in [0.15, 0.2) is 11.1 Å². The summed E-state index contributed by atoms with van der Waals surface area (Å²) in [5, 5.41) is 21.2. The van der Waals surface area contributed by atoms with E-state index in [2.05, 4.69) is 5.32 Å². The Kier molecular flexibility index (Phi) is 4.69. The molecule has 0 aromatic carbocycles. The molecule has 3 N–H and O–H groups in total. The number of carboxylic acids is 1. The number of carboxylic acid groups (broad SMARTS) is 1. The van der Waals surface area contributed by atoms with Crippen LogP contribution in [0.25, 0.3) is 0 Å². The number of aliphatic carboxylic acids is 1. The lowest BCUT2D eigenvalue weighted by atomic mass is 9.92. The van der Waals surface area contributed by atoms with Crippen molar-refractivity contribution in [1.29, 1.82) is 0 Å². The molecule has 1 rings (SSSR count). The zero-order chi connectivity index (χ0) is 13.0. The standard InChI is InChI=1S/C12H19NO4/c1-7(8(2)12(16)17)11(15)13-9-5-3-4-6-10(9)14/h9-10,14H,3-6H2,1-2H3,(H,13,15)(H,16,17)/b8-7-. The third-order valence-corrected chi connectivity index (χ3v) is 3.27. The third kappa shape index (κ3) is 3.56. The molecule has 0 heterocycles. The van der Waals surface area contributed by atoms with Gasteiger partial charge in [0.05, 0.1) is 12.1 Å². The van der Waals surface area contributed by atoms with E-state index in [1.807, 2.05) is 0 Å². The lowest BCUT2D eigenvalue weighted by Gasteiger charge is -2.28. The first kappa shape index (κ1) is 13.7. The van der Waals surface area contributed by atoms with E-state index in [4.69, 9.17) is 5.11 Å². The molecule has 0 aromatic rings. The summed E-state index contributed by atoms with van der Waals surface area (Å²) in [6.07, 6.45) is 2.85. The highest BCUT2D eigenvalue weighted by atomic mass is 16.4. The van der Waals surface area contributed by atoms with Crippen LogP contribution in [0.4, 0.5) is 0 Å². The minimum atomic E-state index is -1.10. The molecule has 96 valence electrons. The van der Waals surface area contributed by atoms with Gasteiger partial charge in [0.1, 0.15) is 0 Å². The number of aliphatic hydroxyl groups is 1. The minimum absolute atomic E-state index is 0.0350. The Bertz CT molecular complexity index is 348. The lowest BCUT2D eigenvalue weighted by Crippen LogP contribution is -2.45. The number of carbonyl (C=O) groups is 2. The summed E-state index contributed by atoms with van der Waals surface area (Å²) in [6, 6.07) is -0.257. The van der Waals surface area contributed by atoms with Gasteiger partial charge in [-0.2, -0.15) is 0 Å². The highest BCUT2D eigenvalue weighted by Crippen LogP contribution is 2.18. The highest BCUT2D eigenvalue weighted by molar-refractivity contribution is 6.01. The fourth-order valence-corrected chi connectivity index (χ4v) is 1.89. The van der Waals surface area contributed by atoms with Crippen molar-refractivity contribution in [3.63, 3.8) is 0 Å². The van der Waals surface area contributed by atoms with Gasteiger partial charge < -0.3 is 15.5 Å². The normalized spacial score (nSPS) is 26.1. The Hall–Kier alpha value is -1.36. The molecule has 1 fully saturated rings. The molecule has 5 nitrogen and oxygen atoms in total. The Morgan fingerprint density at radius 1 is 1.12 bits per heavy atom.